The summed E-state index contributed by atoms with van der Waals surface area (Å²) in [5, 5.41) is 8.45. The Morgan fingerprint density at radius 3 is 2.77 bits per heavy atom. The van der Waals surface area contributed by atoms with Gasteiger partial charge in [0, 0.05) is 0 Å². The molecule has 1 aromatic rings. The highest BCUT2D eigenvalue weighted by Gasteiger charge is 1.98. The Labute approximate surface area is 77.1 Å². The Hall–Kier alpha value is -1.55. The van der Waals surface area contributed by atoms with Crippen LogP contribution in [0.3, 0.4) is 0 Å². The van der Waals surface area contributed by atoms with Gasteiger partial charge in [0.2, 0.25) is 5.96 Å². The summed E-state index contributed by atoms with van der Waals surface area (Å²) in [4.78, 5) is 3.97. The van der Waals surface area contributed by atoms with Crippen molar-refractivity contribution in [3.05, 3.63) is 29.3 Å². The van der Waals surface area contributed by atoms with Crippen molar-refractivity contribution < 1.29 is 5.21 Å². The second-order valence-corrected chi connectivity index (χ2v) is 2.83. The van der Waals surface area contributed by atoms with E-state index in [-0.39, 0.29) is 5.96 Å². The van der Waals surface area contributed by atoms with Crippen molar-refractivity contribution in [2.75, 3.05) is 0 Å². The maximum absolute atomic E-state index is 8.45. The van der Waals surface area contributed by atoms with Crippen LogP contribution in [-0.4, -0.2) is 11.2 Å². The molecule has 0 spiro atoms. The Balaban J connectivity index is 3.09. The summed E-state index contributed by atoms with van der Waals surface area (Å²) in [6.45, 7) is 3.95. The van der Waals surface area contributed by atoms with Gasteiger partial charge >= 0.3 is 0 Å². The van der Waals surface area contributed by atoms with E-state index in [2.05, 4.69) is 4.99 Å². The molecule has 0 aromatic heterocycles. The van der Waals surface area contributed by atoms with Crippen LogP contribution in [0.15, 0.2) is 23.2 Å². The quantitative estimate of drug-likeness (QED) is 0.345. The first-order chi connectivity index (χ1) is 6.15. The summed E-state index contributed by atoms with van der Waals surface area (Å²) in [7, 11) is 0. The number of benzene rings is 1. The van der Waals surface area contributed by atoms with Crippen molar-refractivity contribution in [3.8, 4) is 0 Å². The number of nitrogens with zero attached hydrogens (tertiary/aromatic N) is 1. The number of rotatable bonds is 1. The molecule has 13 heavy (non-hydrogen) atoms. The summed E-state index contributed by atoms with van der Waals surface area (Å²) >= 11 is 0. The molecule has 0 heterocycles. The minimum atomic E-state index is -0.00583. The van der Waals surface area contributed by atoms with E-state index in [1.165, 1.54) is 0 Å². The number of hydrogen-bond donors (Lipinski definition) is 3. The first kappa shape index (κ1) is 9.54. The van der Waals surface area contributed by atoms with Crippen LogP contribution in [-0.2, 0) is 0 Å². The van der Waals surface area contributed by atoms with Gasteiger partial charge in [-0.2, -0.15) is 0 Å². The van der Waals surface area contributed by atoms with Crippen molar-refractivity contribution in [2.45, 2.75) is 13.8 Å². The molecule has 4 nitrogen and oxygen atoms in total. The monoisotopic (exact) mass is 179 g/mol. The Morgan fingerprint density at radius 1 is 1.46 bits per heavy atom. The molecule has 0 fully saturated rings. The van der Waals surface area contributed by atoms with Crippen LogP contribution in [0.4, 0.5) is 5.69 Å². The fourth-order valence-electron chi connectivity index (χ4n) is 1.01. The zero-order chi connectivity index (χ0) is 9.84. The highest BCUT2D eigenvalue weighted by molar-refractivity contribution is 5.80. The Bertz CT molecular complexity index is 334. The largest absolute Gasteiger partial charge is 0.368 e. The van der Waals surface area contributed by atoms with E-state index in [9.17, 15) is 0 Å². The van der Waals surface area contributed by atoms with E-state index in [4.69, 9.17) is 10.9 Å². The molecule has 1 aromatic carbocycles. The van der Waals surface area contributed by atoms with Crippen LogP contribution >= 0.6 is 0 Å². The number of guanidine groups is 1. The van der Waals surface area contributed by atoms with Crippen LogP contribution in [0.2, 0.25) is 0 Å². The van der Waals surface area contributed by atoms with Crippen molar-refractivity contribution in [2.24, 2.45) is 10.7 Å². The van der Waals surface area contributed by atoms with Crippen molar-refractivity contribution in [3.63, 3.8) is 0 Å². The zero-order valence-electron chi connectivity index (χ0n) is 7.70. The molecule has 0 aliphatic rings. The van der Waals surface area contributed by atoms with Gasteiger partial charge in [0.25, 0.3) is 0 Å². The molecular weight excluding hydrogens is 166 g/mol. The standard InChI is InChI=1S/C9H13N3O/c1-6-4-3-5-8(7(6)2)11-9(10)12-13/h3-5,13H,1-2H3,(H3,10,11,12). The molecule has 0 saturated carbocycles. The number of aliphatic imine (C=N–C) groups is 1. The van der Waals surface area contributed by atoms with E-state index in [0.29, 0.717) is 0 Å². The number of hydrogen-bond acceptors (Lipinski definition) is 2. The Morgan fingerprint density at radius 2 is 2.15 bits per heavy atom. The summed E-state index contributed by atoms with van der Waals surface area (Å²) in [5.41, 5.74) is 10.1. The first-order valence-corrected chi connectivity index (χ1v) is 3.95. The second kappa shape index (κ2) is 3.91. The van der Waals surface area contributed by atoms with Gasteiger partial charge in [-0.3, -0.25) is 5.21 Å². The van der Waals surface area contributed by atoms with Gasteiger partial charge in [-0.25, -0.2) is 10.5 Å². The summed E-state index contributed by atoms with van der Waals surface area (Å²) in [6.07, 6.45) is 0. The van der Waals surface area contributed by atoms with E-state index in [1.807, 2.05) is 32.0 Å². The zero-order valence-corrected chi connectivity index (χ0v) is 7.70. The molecule has 0 radical (unpaired) electrons. The number of aryl methyl sites for hydroxylation is 1. The van der Waals surface area contributed by atoms with E-state index >= 15 is 0 Å². The SMILES string of the molecule is Cc1cccc(N=C(N)NO)c1C. The third-order valence-corrected chi connectivity index (χ3v) is 1.93. The smallest absolute Gasteiger partial charge is 0.218 e. The van der Waals surface area contributed by atoms with E-state index in [1.54, 1.807) is 5.48 Å². The minimum Gasteiger partial charge on any atom is -0.368 e. The number of nitrogens with two attached hydrogens (primary N) is 1. The lowest BCUT2D eigenvalue weighted by Gasteiger charge is -2.04. The molecule has 70 valence electrons. The molecule has 1 rings (SSSR count). The molecule has 0 aliphatic carbocycles. The van der Waals surface area contributed by atoms with Gasteiger partial charge in [-0.1, -0.05) is 12.1 Å². The van der Waals surface area contributed by atoms with Crippen LogP contribution < -0.4 is 11.2 Å². The van der Waals surface area contributed by atoms with Crippen molar-refractivity contribution >= 4 is 11.6 Å². The van der Waals surface area contributed by atoms with Crippen LogP contribution in [0.25, 0.3) is 0 Å². The van der Waals surface area contributed by atoms with Crippen LogP contribution in [0.5, 0.6) is 0 Å². The van der Waals surface area contributed by atoms with Crippen molar-refractivity contribution in [1.29, 1.82) is 0 Å². The fourth-order valence-corrected chi connectivity index (χ4v) is 1.01. The summed E-state index contributed by atoms with van der Waals surface area (Å²) in [6, 6.07) is 5.73. The molecular formula is C9H13N3O. The van der Waals surface area contributed by atoms with E-state index < -0.39 is 0 Å². The normalized spacial score (nSPS) is 11.5. The van der Waals surface area contributed by atoms with Crippen LogP contribution in [0, 0.1) is 13.8 Å². The van der Waals surface area contributed by atoms with Gasteiger partial charge in [0.1, 0.15) is 0 Å². The van der Waals surface area contributed by atoms with Crippen molar-refractivity contribution in [1.82, 2.24) is 5.48 Å². The van der Waals surface area contributed by atoms with Gasteiger partial charge in [0.05, 0.1) is 5.69 Å². The third kappa shape index (κ3) is 2.19. The van der Waals surface area contributed by atoms with Gasteiger partial charge in [0.15, 0.2) is 0 Å². The average molecular weight is 179 g/mol. The third-order valence-electron chi connectivity index (χ3n) is 1.93. The first-order valence-electron chi connectivity index (χ1n) is 3.95. The maximum Gasteiger partial charge on any atom is 0.218 e. The molecule has 0 atom stereocenters. The minimum absolute atomic E-state index is 0.00583. The Kier molecular flexibility index (Phi) is 2.87. The molecule has 0 aliphatic heterocycles. The molecule has 4 heteroatoms. The molecule has 4 N–H and O–H groups in total. The number of nitrogens with one attached hydrogen (secondary N) is 1. The van der Waals surface area contributed by atoms with Gasteiger partial charge in [-0.05, 0) is 31.0 Å². The van der Waals surface area contributed by atoms with Gasteiger partial charge in [-0.15, -0.1) is 0 Å². The lowest BCUT2D eigenvalue weighted by Crippen LogP contribution is -2.27. The highest BCUT2D eigenvalue weighted by Crippen LogP contribution is 2.20. The predicted molar refractivity (Wildman–Crippen MR) is 52.1 cm³/mol. The fraction of sp³-hybridized carbons (Fsp3) is 0.222. The molecule has 0 bridgehead atoms. The highest BCUT2D eigenvalue weighted by atomic mass is 16.5. The lowest BCUT2D eigenvalue weighted by molar-refractivity contribution is 0.233. The summed E-state index contributed by atoms with van der Waals surface area (Å²) < 4.78 is 0. The van der Waals surface area contributed by atoms with E-state index in [0.717, 1.165) is 16.8 Å². The topological polar surface area (TPSA) is 70.6 Å². The maximum atomic E-state index is 8.45. The number of hydroxylamine groups is 1. The lowest BCUT2D eigenvalue weighted by atomic mass is 10.1. The second-order valence-electron chi connectivity index (χ2n) is 2.83. The van der Waals surface area contributed by atoms with Crippen LogP contribution in [0.1, 0.15) is 11.1 Å². The molecule has 0 unspecified atom stereocenters. The molecule has 0 saturated heterocycles. The summed E-state index contributed by atoms with van der Waals surface area (Å²) in [5.74, 6) is -0.00583. The average Bonchev–Trinajstić information content (AvgIpc) is 2.13. The van der Waals surface area contributed by atoms with Gasteiger partial charge < -0.3 is 5.73 Å². The predicted octanol–water partition coefficient (Wildman–Crippen LogP) is 1.23. The molecule has 0 amide bonds.